The maximum absolute atomic E-state index is 11.7. The Balaban J connectivity index is 0.00000312. The van der Waals surface area contributed by atoms with Gasteiger partial charge in [-0.05, 0) is 31.4 Å². The third kappa shape index (κ3) is 4.77. The Morgan fingerprint density at radius 1 is 1.16 bits per heavy atom. The van der Waals surface area contributed by atoms with Gasteiger partial charge in [0.2, 0.25) is 0 Å². The minimum atomic E-state index is -1.10. The molecule has 3 nitrogen and oxygen atoms in total. The fraction of sp³-hybridized carbons (Fsp3) is 0.619. The van der Waals surface area contributed by atoms with E-state index in [2.05, 4.69) is 30.6 Å². The first-order chi connectivity index (χ1) is 11.6. The second kappa shape index (κ2) is 10.2. The molecule has 1 saturated carbocycles. The third-order valence-electron chi connectivity index (χ3n) is 5.63. The molecule has 0 saturated heterocycles. The van der Waals surface area contributed by atoms with E-state index >= 15 is 0 Å². The number of nitrogens with zero attached hydrogens (tertiary/aromatic N) is 1. The summed E-state index contributed by atoms with van der Waals surface area (Å²) >= 11 is 0. The lowest BCUT2D eigenvalue weighted by molar-refractivity contribution is -0.0422. The van der Waals surface area contributed by atoms with Crippen molar-refractivity contribution in [1.82, 2.24) is 4.90 Å². The number of rotatable bonds is 7. The van der Waals surface area contributed by atoms with Crippen LogP contribution in [0.1, 0.15) is 51.5 Å². The van der Waals surface area contributed by atoms with Crippen LogP contribution in [0.5, 0.6) is 0 Å². The Hall–Kier alpha value is -1.05. The van der Waals surface area contributed by atoms with E-state index < -0.39 is 5.60 Å². The van der Waals surface area contributed by atoms with Crippen LogP contribution in [-0.4, -0.2) is 41.4 Å². The molecule has 140 valence electrons. The van der Waals surface area contributed by atoms with Gasteiger partial charge in [-0.1, -0.05) is 68.9 Å². The van der Waals surface area contributed by atoms with E-state index in [0.717, 1.165) is 44.2 Å². The number of benzene rings is 1. The number of halogens is 1. The van der Waals surface area contributed by atoms with Gasteiger partial charge >= 0.3 is 0 Å². The van der Waals surface area contributed by atoms with Crippen molar-refractivity contribution in [3.05, 3.63) is 35.9 Å². The summed E-state index contributed by atoms with van der Waals surface area (Å²) in [6.45, 7) is 6.41. The zero-order valence-corrected chi connectivity index (χ0v) is 16.3. The van der Waals surface area contributed by atoms with Crippen LogP contribution < -0.4 is 0 Å². The number of hydrogen-bond donors (Lipinski definition) is 2. The normalized spacial score (nSPS) is 18.1. The highest BCUT2D eigenvalue weighted by Crippen LogP contribution is 2.53. The molecule has 1 aliphatic rings. The van der Waals surface area contributed by atoms with Gasteiger partial charge in [0.25, 0.3) is 0 Å². The summed E-state index contributed by atoms with van der Waals surface area (Å²) in [5, 5.41) is 20.8. The Morgan fingerprint density at radius 2 is 1.80 bits per heavy atom. The molecule has 0 spiro atoms. The topological polar surface area (TPSA) is 43.7 Å². The Labute approximate surface area is 158 Å². The summed E-state index contributed by atoms with van der Waals surface area (Å²) in [4.78, 5) is 2.09. The highest BCUT2D eigenvalue weighted by atomic mass is 35.5. The highest BCUT2D eigenvalue weighted by molar-refractivity contribution is 5.85. The summed E-state index contributed by atoms with van der Waals surface area (Å²) in [7, 11) is 0. The first-order valence-electron chi connectivity index (χ1n) is 9.23. The average molecular weight is 366 g/mol. The molecule has 0 heterocycles. The van der Waals surface area contributed by atoms with Gasteiger partial charge in [0.15, 0.2) is 5.60 Å². The lowest BCUT2D eigenvalue weighted by atomic mass is 9.65. The summed E-state index contributed by atoms with van der Waals surface area (Å²) < 4.78 is 0. The smallest absolute Gasteiger partial charge is 0.156 e. The van der Waals surface area contributed by atoms with E-state index in [1.54, 1.807) is 0 Å². The maximum atomic E-state index is 11.7. The van der Waals surface area contributed by atoms with Gasteiger partial charge in [0.1, 0.15) is 0 Å². The molecule has 1 aromatic rings. The van der Waals surface area contributed by atoms with Crippen molar-refractivity contribution in [2.45, 2.75) is 51.6 Å². The highest BCUT2D eigenvalue weighted by Gasteiger charge is 2.50. The number of likely N-dealkylation sites (N-methyl/N-ethyl adjacent to an activating group) is 1. The molecule has 0 aromatic heterocycles. The molecule has 1 aromatic carbocycles. The van der Waals surface area contributed by atoms with Crippen molar-refractivity contribution in [3.63, 3.8) is 0 Å². The predicted molar refractivity (Wildman–Crippen MR) is 106 cm³/mol. The van der Waals surface area contributed by atoms with Crippen LogP contribution in [0.15, 0.2) is 30.3 Å². The van der Waals surface area contributed by atoms with Crippen molar-refractivity contribution in [3.8, 4) is 11.8 Å². The fourth-order valence-electron chi connectivity index (χ4n) is 3.98. The standard InChI is InChI=1S/C21H31NO2.ClH/c1-3-20(13-8-9-14-20)21(24,19-11-6-5-7-12-19)15-10-16-22(4-2)17-18-23;/h5-7,11-12,23-24H,3-4,8-9,13-14,16-18H2,1-2H3;1H. The van der Waals surface area contributed by atoms with Crippen LogP contribution >= 0.6 is 12.4 Å². The van der Waals surface area contributed by atoms with Crippen molar-refractivity contribution in [2.24, 2.45) is 5.41 Å². The van der Waals surface area contributed by atoms with Crippen molar-refractivity contribution >= 4 is 12.4 Å². The molecule has 0 aliphatic heterocycles. The summed E-state index contributed by atoms with van der Waals surface area (Å²) in [5.74, 6) is 6.46. The molecular formula is C21H32ClNO2. The number of aliphatic hydroxyl groups excluding tert-OH is 1. The molecular weight excluding hydrogens is 334 g/mol. The number of aliphatic hydroxyl groups is 2. The van der Waals surface area contributed by atoms with E-state index in [1.807, 2.05) is 30.3 Å². The van der Waals surface area contributed by atoms with Crippen LogP contribution in [0.25, 0.3) is 0 Å². The monoisotopic (exact) mass is 365 g/mol. The zero-order chi connectivity index (χ0) is 17.5. The largest absolute Gasteiger partial charge is 0.395 e. The van der Waals surface area contributed by atoms with Crippen LogP contribution in [0.3, 0.4) is 0 Å². The van der Waals surface area contributed by atoms with Gasteiger partial charge in [-0.15, -0.1) is 12.4 Å². The third-order valence-corrected chi connectivity index (χ3v) is 5.63. The lowest BCUT2D eigenvalue weighted by Gasteiger charge is -2.42. The molecule has 1 fully saturated rings. The van der Waals surface area contributed by atoms with Crippen LogP contribution in [0, 0.1) is 17.3 Å². The molecule has 4 heteroatoms. The first-order valence-corrected chi connectivity index (χ1v) is 9.23. The molecule has 1 aliphatic carbocycles. The SMILES string of the molecule is CCN(CC#CC(O)(c1ccccc1)C1(CC)CCCC1)CCO.Cl. The Kier molecular flexibility index (Phi) is 8.96. The van der Waals surface area contributed by atoms with Crippen molar-refractivity contribution < 1.29 is 10.2 Å². The summed E-state index contributed by atoms with van der Waals surface area (Å²) in [6.07, 6.45) is 5.31. The number of hydrogen-bond acceptors (Lipinski definition) is 3. The van der Waals surface area contributed by atoms with Gasteiger partial charge in [0.05, 0.1) is 13.2 Å². The quantitative estimate of drug-likeness (QED) is 0.726. The second-order valence-corrected chi connectivity index (χ2v) is 6.81. The molecule has 2 N–H and O–H groups in total. The van der Waals surface area contributed by atoms with E-state index in [1.165, 1.54) is 0 Å². The summed E-state index contributed by atoms with van der Waals surface area (Å²) in [5.41, 5.74) is -0.348. The fourth-order valence-corrected chi connectivity index (χ4v) is 3.98. The average Bonchev–Trinajstić information content (AvgIpc) is 3.12. The molecule has 1 unspecified atom stereocenters. The maximum Gasteiger partial charge on any atom is 0.156 e. The van der Waals surface area contributed by atoms with E-state index in [0.29, 0.717) is 13.1 Å². The first kappa shape index (κ1) is 22.0. The second-order valence-electron chi connectivity index (χ2n) is 6.81. The summed E-state index contributed by atoms with van der Waals surface area (Å²) in [6, 6.07) is 9.92. The molecule has 0 radical (unpaired) electrons. The van der Waals surface area contributed by atoms with Crippen LogP contribution in [-0.2, 0) is 5.60 Å². The van der Waals surface area contributed by atoms with E-state index in [-0.39, 0.29) is 24.4 Å². The minimum absolute atomic E-state index is 0. The molecule has 0 amide bonds. The molecule has 1 atom stereocenters. The van der Waals surface area contributed by atoms with Gasteiger partial charge < -0.3 is 10.2 Å². The van der Waals surface area contributed by atoms with E-state index in [9.17, 15) is 5.11 Å². The Morgan fingerprint density at radius 3 is 2.32 bits per heavy atom. The molecule has 2 rings (SSSR count). The molecule has 25 heavy (non-hydrogen) atoms. The Bertz CT molecular complexity index is 560. The van der Waals surface area contributed by atoms with Gasteiger partial charge in [0, 0.05) is 12.0 Å². The van der Waals surface area contributed by atoms with E-state index in [4.69, 9.17) is 5.11 Å². The van der Waals surface area contributed by atoms with Crippen LogP contribution in [0.2, 0.25) is 0 Å². The minimum Gasteiger partial charge on any atom is -0.395 e. The van der Waals surface area contributed by atoms with Gasteiger partial charge in [-0.3, -0.25) is 4.90 Å². The van der Waals surface area contributed by atoms with Crippen LogP contribution in [0.4, 0.5) is 0 Å². The van der Waals surface area contributed by atoms with Crippen molar-refractivity contribution in [1.29, 1.82) is 0 Å². The van der Waals surface area contributed by atoms with Gasteiger partial charge in [-0.25, -0.2) is 0 Å². The van der Waals surface area contributed by atoms with Gasteiger partial charge in [-0.2, -0.15) is 0 Å². The lowest BCUT2D eigenvalue weighted by Crippen LogP contribution is -2.43. The zero-order valence-electron chi connectivity index (χ0n) is 15.5. The van der Waals surface area contributed by atoms with Crippen molar-refractivity contribution in [2.75, 3.05) is 26.2 Å². The molecule has 0 bridgehead atoms. The predicted octanol–water partition coefficient (Wildman–Crippen LogP) is 3.58.